The fraction of sp³-hybridized carbons (Fsp3) is 0.727. The number of carbonyl (C=O) groups excluding carboxylic acids is 3. The first-order chi connectivity index (χ1) is 7.91. The summed E-state index contributed by atoms with van der Waals surface area (Å²) < 4.78 is 14.9. The van der Waals surface area contributed by atoms with Gasteiger partial charge in [0.15, 0.2) is 5.60 Å². The topological polar surface area (TPSA) is 78.9 Å². The predicted octanol–water partition coefficient (Wildman–Crippen LogP) is 0.434. The Bertz CT molecular complexity index is 337. The fourth-order valence-corrected chi connectivity index (χ4v) is 1.93. The van der Waals surface area contributed by atoms with Crippen LogP contribution in [0.1, 0.15) is 27.2 Å². The van der Waals surface area contributed by atoms with Crippen LogP contribution in [0.2, 0.25) is 0 Å². The van der Waals surface area contributed by atoms with Gasteiger partial charge in [-0.25, -0.2) is 0 Å². The minimum absolute atomic E-state index is 0.0722. The number of ether oxygens (including phenoxy) is 3. The molecular formula is C11H16O6. The van der Waals surface area contributed by atoms with Gasteiger partial charge in [-0.2, -0.15) is 0 Å². The van der Waals surface area contributed by atoms with Crippen molar-refractivity contribution in [2.24, 2.45) is 5.92 Å². The highest BCUT2D eigenvalue weighted by Crippen LogP contribution is 2.33. The van der Waals surface area contributed by atoms with Gasteiger partial charge in [-0.15, -0.1) is 0 Å². The van der Waals surface area contributed by atoms with Crippen LogP contribution in [0, 0.1) is 5.92 Å². The lowest BCUT2D eigenvalue weighted by atomic mass is 9.88. The quantitative estimate of drug-likeness (QED) is 0.527. The lowest BCUT2D eigenvalue weighted by Gasteiger charge is -2.29. The molecule has 2 unspecified atom stereocenters. The van der Waals surface area contributed by atoms with Crippen LogP contribution in [0.3, 0.4) is 0 Å². The van der Waals surface area contributed by atoms with E-state index in [9.17, 15) is 14.4 Å². The molecule has 17 heavy (non-hydrogen) atoms. The molecule has 6 heteroatoms. The second-order valence-electron chi connectivity index (χ2n) is 4.01. The summed E-state index contributed by atoms with van der Waals surface area (Å²) in [6.45, 7) is 4.04. The molecule has 1 saturated heterocycles. The Morgan fingerprint density at radius 3 is 2.53 bits per heavy atom. The average molecular weight is 244 g/mol. The van der Waals surface area contributed by atoms with Gasteiger partial charge in [0.25, 0.3) is 0 Å². The van der Waals surface area contributed by atoms with Crippen molar-refractivity contribution < 1.29 is 28.6 Å². The van der Waals surface area contributed by atoms with E-state index in [0.717, 1.165) is 0 Å². The van der Waals surface area contributed by atoms with Crippen molar-refractivity contribution in [1.82, 2.24) is 0 Å². The molecule has 1 fully saturated rings. The molecule has 1 aliphatic rings. The fourth-order valence-electron chi connectivity index (χ4n) is 1.93. The molecule has 0 N–H and O–H groups in total. The van der Waals surface area contributed by atoms with Crippen LogP contribution >= 0.6 is 0 Å². The van der Waals surface area contributed by atoms with Crippen LogP contribution in [-0.2, 0) is 28.6 Å². The lowest BCUT2D eigenvalue weighted by Crippen LogP contribution is -2.47. The first kappa shape index (κ1) is 13.5. The number of esters is 3. The van der Waals surface area contributed by atoms with Crippen molar-refractivity contribution in [3.05, 3.63) is 0 Å². The molecule has 0 radical (unpaired) electrons. The molecule has 0 aromatic rings. The van der Waals surface area contributed by atoms with Crippen LogP contribution in [0.4, 0.5) is 0 Å². The largest absolute Gasteiger partial charge is 0.461 e. The van der Waals surface area contributed by atoms with Crippen molar-refractivity contribution in [3.8, 4) is 0 Å². The summed E-state index contributed by atoms with van der Waals surface area (Å²) >= 11 is 0. The minimum atomic E-state index is -1.18. The zero-order chi connectivity index (χ0) is 13.1. The van der Waals surface area contributed by atoms with Gasteiger partial charge >= 0.3 is 17.9 Å². The van der Waals surface area contributed by atoms with Crippen LogP contribution in [-0.4, -0.2) is 36.7 Å². The van der Waals surface area contributed by atoms with Gasteiger partial charge < -0.3 is 14.2 Å². The Kier molecular flexibility index (Phi) is 4.09. The van der Waals surface area contributed by atoms with Crippen LogP contribution < -0.4 is 0 Å². The number of carbonyl (C=O) groups is 3. The van der Waals surface area contributed by atoms with Gasteiger partial charge in [-0.3, -0.25) is 14.4 Å². The summed E-state index contributed by atoms with van der Waals surface area (Å²) in [5.41, 5.74) is -1.18. The molecule has 0 aromatic carbocycles. The van der Waals surface area contributed by atoms with E-state index >= 15 is 0 Å². The molecule has 0 spiro atoms. The predicted molar refractivity (Wildman–Crippen MR) is 55.9 cm³/mol. The Morgan fingerprint density at radius 2 is 2.06 bits per heavy atom. The molecule has 2 atom stereocenters. The highest BCUT2D eigenvalue weighted by Gasteiger charge is 2.53. The molecule has 0 aliphatic carbocycles. The van der Waals surface area contributed by atoms with Gasteiger partial charge in [0.1, 0.15) is 19.1 Å². The molecule has 1 heterocycles. The summed E-state index contributed by atoms with van der Waals surface area (Å²) in [5.74, 6) is -2.05. The molecule has 0 saturated carbocycles. The van der Waals surface area contributed by atoms with E-state index in [1.54, 1.807) is 6.92 Å². The van der Waals surface area contributed by atoms with Crippen molar-refractivity contribution >= 4 is 17.9 Å². The van der Waals surface area contributed by atoms with Crippen LogP contribution in [0.5, 0.6) is 0 Å². The Hall–Kier alpha value is -1.59. The first-order valence-electron chi connectivity index (χ1n) is 5.41. The van der Waals surface area contributed by atoms with Crippen molar-refractivity contribution in [1.29, 1.82) is 0 Å². The monoisotopic (exact) mass is 244 g/mol. The Balaban J connectivity index is 2.88. The van der Waals surface area contributed by atoms with Crippen LogP contribution in [0.15, 0.2) is 0 Å². The van der Waals surface area contributed by atoms with E-state index < -0.39 is 29.4 Å². The molecule has 0 amide bonds. The SMILES string of the molecule is CCC1C(=O)OCC1(COC(C)=O)OC(C)=O. The minimum Gasteiger partial charge on any atom is -0.461 e. The summed E-state index contributed by atoms with van der Waals surface area (Å²) in [7, 11) is 0. The second-order valence-corrected chi connectivity index (χ2v) is 4.01. The number of hydrogen-bond acceptors (Lipinski definition) is 6. The summed E-state index contributed by atoms with van der Waals surface area (Å²) in [4.78, 5) is 33.4. The molecule has 6 nitrogen and oxygen atoms in total. The van der Waals surface area contributed by atoms with E-state index in [1.165, 1.54) is 13.8 Å². The molecule has 0 aromatic heterocycles. The van der Waals surface area contributed by atoms with E-state index in [2.05, 4.69) is 0 Å². The van der Waals surface area contributed by atoms with Gasteiger partial charge in [0.05, 0.1) is 0 Å². The van der Waals surface area contributed by atoms with Gasteiger partial charge in [-0.1, -0.05) is 6.92 Å². The third-order valence-corrected chi connectivity index (χ3v) is 2.65. The maximum Gasteiger partial charge on any atom is 0.313 e. The van der Waals surface area contributed by atoms with Crippen molar-refractivity contribution in [2.45, 2.75) is 32.8 Å². The van der Waals surface area contributed by atoms with Gasteiger partial charge in [-0.05, 0) is 6.42 Å². The highest BCUT2D eigenvalue weighted by molar-refractivity contribution is 5.78. The second kappa shape index (κ2) is 5.16. The van der Waals surface area contributed by atoms with Gasteiger partial charge in [0.2, 0.25) is 0 Å². The molecule has 96 valence electrons. The molecule has 1 aliphatic heterocycles. The van der Waals surface area contributed by atoms with Crippen LogP contribution in [0.25, 0.3) is 0 Å². The number of cyclic esters (lactones) is 1. The third-order valence-electron chi connectivity index (χ3n) is 2.65. The standard InChI is InChI=1S/C11H16O6/c1-4-9-10(14)16-6-11(9,17-8(3)13)5-15-7(2)12/h9H,4-6H2,1-3H3. The highest BCUT2D eigenvalue weighted by atomic mass is 16.6. The van der Waals surface area contributed by atoms with E-state index in [1.807, 2.05) is 0 Å². The smallest absolute Gasteiger partial charge is 0.313 e. The Labute approximate surface area is 99.2 Å². The molecule has 0 bridgehead atoms. The summed E-state index contributed by atoms with van der Waals surface area (Å²) in [6.07, 6.45) is 0.452. The zero-order valence-electron chi connectivity index (χ0n) is 10.1. The number of hydrogen-bond donors (Lipinski definition) is 0. The van der Waals surface area contributed by atoms with Crippen molar-refractivity contribution in [3.63, 3.8) is 0 Å². The summed E-state index contributed by atoms with van der Waals surface area (Å²) in [6, 6.07) is 0. The Morgan fingerprint density at radius 1 is 1.41 bits per heavy atom. The maximum atomic E-state index is 11.5. The van der Waals surface area contributed by atoms with E-state index in [0.29, 0.717) is 6.42 Å². The zero-order valence-corrected chi connectivity index (χ0v) is 10.1. The first-order valence-corrected chi connectivity index (χ1v) is 5.41. The van der Waals surface area contributed by atoms with Crippen molar-refractivity contribution in [2.75, 3.05) is 13.2 Å². The van der Waals surface area contributed by atoms with Gasteiger partial charge in [0, 0.05) is 13.8 Å². The molecule has 1 rings (SSSR count). The summed E-state index contributed by atoms with van der Waals surface area (Å²) in [5, 5.41) is 0. The molecular weight excluding hydrogens is 228 g/mol. The normalized spacial score (nSPS) is 27.5. The number of rotatable bonds is 4. The average Bonchev–Trinajstić information content (AvgIpc) is 2.52. The maximum absolute atomic E-state index is 11.5. The van der Waals surface area contributed by atoms with E-state index in [-0.39, 0.29) is 13.2 Å². The third kappa shape index (κ3) is 2.95. The lowest BCUT2D eigenvalue weighted by molar-refractivity contribution is -0.175. The van der Waals surface area contributed by atoms with E-state index in [4.69, 9.17) is 14.2 Å².